The predicted molar refractivity (Wildman–Crippen MR) is 83.8 cm³/mol. The number of hydrogen-bond acceptors (Lipinski definition) is 5. The van der Waals surface area contributed by atoms with Crippen LogP contribution in [-0.4, -0.2) is 22.9 Å². The summed E-state index contributed by atoms with van der Waals surface area (Å²) in [7, 11) is 0. The van der Waals surface area contributed by atoms with Crippen LogP contribution in [0.2, 0.25) is 0 Å². The number of nitrogens with zero attached hydrogens (tertiary/aromatic N) is 1. The molecule has 0 amide bonds. The van der Waals surface area contributed by atoms with Crippen molar-refractivity contribution in [1.82, 2.24) is 4.37 Å². The Morgan fingerprint density at radius 1 is 1.33 bits per heavy atom. The minimum atomic E-state index is 0.688. The summed E-state index contributed by atoms with van der Waals surface area (Å²) >= 11 is 3.47. The maximum atomic E-state index is 5.92. The summed E-state index contributed by atoms with van der Waals surface area (Å²) in [5, 5.41) is 4.74. The van der Waals surface area contributed by atoms with E-state index in [-0.39, 0.29) is 0 Å². The van der Waals surface area contributed by atoms with Crippen LogP contribution < -0.4 is 11.1 Å². The second-order valence-electron chi connectivity index (χ2n) is 4.92. The van der Waals surface area contributed by atoms with Crippen molar-refractivity contribution in [2.75, 3.05) is 29.6 Å². The molecule has 18 heavy (non-hydrogen) atoms. The third kappa shape index (κ3) is 4.05. The lowest BCUT2D eigenvalue weighted by Gasteiger charge is -2.06. The summed E-state index contributed by atoms with van der Waals surface area (Å²) in [6.07, 6.45) is 10.0. The molecule has 3 N–H and O–H groups in total. The summed E-state index contributed by atoms with van der Waals surface area (Å²) in [4.78, 5) is 0. The lowest BCUT2D eigenvalue weighted by molar-refractivity contribution is 0.689. The molecule has 0 atom stereocenters. The number of nitrogens with two attached hydrogens (primary N) is 1. The minimum absolute atomic E-state index is 0.688. The Morgan fingerprint density at radius 3 is 2.83 bits per heavy atom. The molecule has 1 aliphatic rings. The maximum absolute atomic E-state index is 5.92. The Labute approximate surface area is 118 Å². The van der Waals surface area contributed by atoms with Gasteiger partial charge in [-0.3, -0.25) is 0 Å². The van der Waals surface area contributed by atoms with Crippen LogP contribution >= 0.6 is 23.3 Å². The van der Waals surface area contributed by atoms with E-state index < -0.39 is 0 Å². The molecule has 2 rings (SSSR count). The molecule has 1 heterocycles. The van der Waals surface area contributed by atoms with E-state index in [1.807, 2.05) is 11.8 Å². The van der Waals surface area contributed by atoms with Gasteiger partial charge in [0, 0.05) is 12.1 Å². The molecule has 3 nitrogen and oxygen atoms in total. The molecule has 1 aliphatic carbocycles. The number of rotatable bonds is 9. The molecule has 0 aliphatic heterocycles. The van der Waals surface area contributed by atoms with E-state index in [0.29, 0.717) is 5.92 Å². The molecule has 5 heteroatoms. The lowest BCUT2D eigenvalue weighted by Crippen LogP contribution is -2.02. The highest BCUT2D eigenvalue weighted by Gasteiger charge is 2.30. The largest absolute Gasteiger partial charge is 0.383 e. The van der Waals surface area contributed by atoms with Gasteiger partial charge < -0.3 is 11.1 Å². The van der Waals surface area contributed by atoms with Crippen LogP contribution in [0.5, 0.6) is 0 Å². The van der Waals surface area contributed by atoms with E-state index in [9.17, 15) is 0 Å². The van der Waals surface area contributed by atoms with Gasteiger partial charge in [-0.1, -0.05) is 12.8 Å². The van der Waals surface area contributed by atoms with Gasteiger partial charge in [0.2, 0.25) is 0 Å². The van der Waals surface area contributed by atoms with Crippen molar-refractivity contribution in [2.45, 2.75) is 44.4 Å². The molecule has 1 saturated carbocycles. The molecular formula is C13H23N3S2. The zero-order valence-electron chi connectivity index (χ0n) is 11.1. The zero-order valence-corrected chi connectivity index (χ0v) is 12.7. The molecule has 0 spiro atoms. The minimum Gasteiger partial charge on any atom is -0.383 e. The quantitative estimate of drug-likeness (QED) is 0.675. The van der Waals surface area contributed by atoms with E-state index in [1.165, 1.54) is 66.4 Å². The first-order valence-electron chi connectivity index (χ1n) is 6.80. The maximum Gasteiger partial charge on any atom is 0.142 e. The van der Waals surface area contributed by atoms with Crippen molar-refractivity contribution in [3.8, 4) is 0 Å². The van der Waals surface area contributed by atoms with Crippen LogP contribution in [0.1, 0.15) is 50.0 Å². The Bertz CT molecular complexity index is 361. The molecule has 1 fully saturated rings. The molecule has 0 saturated heterocycles. The summed E-state index contributed by atoms with van der Waals surface area (Å²) in [6, 6.07) is 0. The van der Waals surface area contributed by atoms with Gasteiger partial charge in [-0.2, -0.15) is 16.1 Å². The molecule has 102 valence electrons. The smallest absolute Gasteiger partial charge is 0.142 e. The van der Waals surface area contributed by atoms with Crippen LogP contribution in [0.4, 0.5) is 10.8 Å². The number of nitrogens with one attached hydrogen (secondary N) is 1. The van der Waals surface area contributed by atoms with Gasteiger partial charge in [-0.05, 0) is 55.1 Å². The number of unbranched alkanes of at least 4 members (excludes halogenated alkanes) is 3. The van der Waals surface area contributed by atoms with Gasteiger partial charge in [0.05, 0.1) is 0 Å². The van der Waals surface area contributed by atoms with Crippen molar-refractivity contribution < 1.29 is 0 Å². The predicted octanol–water partition coefficient (Wildman–Crippen LogP) is 3.94. The molecule has 1 aromatic rings. The highest BCUT2D eigenvalue weighted by molar-refractivity contribution is 7.98. The topological polar surface area (TPSA) is 50.9 Å². The van der Waals surface area contributed by atoms with Gasteiger partial charge in [0.25, 0.3) is 0 Å². The Hall–Kier alpha value is -0.420. The fraction of sp³-hybridized carbons (Fsp3) is 0.769. The van der Waals surface area contributed by atoms with E-state index in [0.717, 1.165) is 12.4 Å². The van der Waals surface area contributed by atoms with E-state index in [2.05, 4.69) is 15.9 Å². The van der Waals surface area contributed by atoms with Crippen molar-refractivity contribution in [3.63, 3.8) is 0 Å². The van der Waals surface area contributed by atoms with Crippen LogP contribution in [0.3, 0.4) is 0 Å². The number of thioether (sulfide) groups is 1. The van der Waals surface area contributed by atoms with Crippen molar-refractivity contribution in [2.24, 2.45) is 0 Å². The lowest BCUT2D eigenvalue weighted by atomic mass is 10.2. The average Bonchev–Trinajstić information content (AvgIpc) is 3.13. The molecule has 0 aromatic carbocycles. The SMILES string of the molecule is CSCCCCCCNc1snc(N)c1C1CC1. The first kappa shape index (κ1) is 14.0. The first-order valence-corrected chi connectivity index (χ1v) is 8.97. The fourth-order valence-corrected chi connectivity index (χ4v) is 3.45. The summed E-state index contributed by atoms with van der Waals surface area (Å²) in [6.45, 7) is 1.06. The highest BCUT2D eigenvalue weighted by Crippen LogP contribution is 2.47. The van der Waals surface area contributed by atoms with Crippen molar-refractivity contribution >= 4 is 34.1 Å². The molecule has 0 radical (unpaired) electrons. The first-order chi connectivity index (χ1) is 8.83. The number of hydrogen-bond donors (Lipinski definition) is 2. The van der Waals surface area contributed by atoms with Gasteiger partial charge in [-0.25, -0.2) is 0 Å². The highest BCUT2D eigenvalue weighted by atomic mass is 32.2. The van der Waals surface area contributed by atoms with Gasteiger partial charge >= 0.3 is 0 Å². The van der Waals surface area contributed by atoms with Gasteiger partial charge in [-0.15, -0.1) is 0 Å². The zero-order chi connectivity index (χ0) is 12.8. The molecule has 0 bridgehead atoms. The molecule has 1 aromatic heterocycles. The number of anilines is 2. The average molecular weight is 285 g/mol. The third-order valence-corrected chi connectivity index (χ3v) is 4.83. The standard InChI is InChI=1S/C13H23N3S2/c1-17-9-5-3-2-4-8-15-13-11(10-6-7-10)12(14)16-18-13/h10,15H,2-9H2,1H3,(H2,14,16). The summed E-state index contributed by atoms with van der Waals surface area (Å²) in [5.41, 5.74) is 7.22. The van der Waals surface area contributed by atoms with Crippen LogP contribution in [0.15, 0.2) is 0 Å². The summed E-state index contributed by atoms with van der Waals surface area (Å²) in [5.74, 6) is 2.74. The number of aromatic nitrogens is 1. The summed E-state index contributed by atoms with van der Waals surface area (Å²) < 4.78 is 4.27. The van der Waals surface area contributed by atoms with E-state index >= 15 is 0 Å². The second kappa shape index (κ2) is 7.24. The van der Waals surface area contributed by atoms with Crippen molar-refractivity contribution in [1.29, 1.82) is 0 Å². The molecule has 0 unspecified atom stereocenters. The van der Waals surface area contributed by atoms with Gasteiger partial charge in [0.15, 0.2) is 0 Å². The Morgan fingerprint density at radius 2 is 2.11 bits per heavy atom. The monoisotopic (exact) mass is 285 g/mol. The van der Waals surface area contributed by atoms with Gasteiger partial charge in [0.1, 0.15) is 10.8 Å². The van der Waals surface area contributed by atoms with Crippen molar-refractivity contribution in [3.05, 3.63) is 5.56 Å². The van der Waals surface area contributed by atoms with Crippen LogP contribution in [0.25, 0.3) is 0 Å². The second-order valence-corrected chi connectivity index (χ2v) is 6.68. The van der Waals surface area contributed by atoms with Crippen LogP contribution in [-0.2, 0) is 0 Å². The van der Waals surface area contributed by atoms with Crippen LogP contribution in [0, 0.1) is 0 Å². The third-order valence-electron chi connectivity index (χ3n) is 3.30. The fourth-order valence-electron chi connectivity index (χ4n) is 2.13. The Balaban J connectivity index is 1.64. The number of nitrogen functional groups attached to an aromatic ring is 1. The normalized spacial score (nSPS) is 14.9. The van der Waals surface area contributed by atoms with E-state index in [4.69, 9.17) is 5.73 Å². The Kier molecular flexibility index (Phi) is 5.63. The van der Waals surface area contributed by atoms with E-state index in [1.54, 1.807) is 0 Å². The molecular weight excluding hydrogens is 262 g/mol.